The minimum atomic E-state index is -0.211. The minimum Gasteiger partial charge on any atom is -0.437 e. The third-order valence-electron chi connectivity index (χ3n) is 6.83. The number of furan rings is 1. The number of carbonyl (C=O) groups is 2. The summed E-state index contributed by atoms with van der Waals surface area (Å²) in [4.78, 5) is 31.6. The van der Waals surface area contributed by atoms with E-state index in [0.29, 0.717) is 34.8 Å². The third kappa shape index (κ3) is 5.73. The van der Waals surface area contributed by atoms with Crippen LogP contribution in [0.25, 0.3) is 22.2 Å². The summed E-state index contributed by atoms with van der Waals surface area (Å²) in [5.41, 5.74) is 5.84. The Bertz CT molecular complexity index is 1470. The summed E-state index contributed by atoms with van der Waals surface area (Å²) in [7, 11) is 0. The van der Waals surface area contributed by atoms with Crippen LogP contribution >= 0.6 is 0 Å². The van der Waals surface area contributed by atoms with Crippen molar-refractivity contribution in [3.8, 4) is 11.1 Å². The summed E-state index contributed by atoms with van der Waals surface area (Å²) >= 11 is 0. The Kier molecular flexibility index (Phi) is 7.46. The molecule has 2 aromatic carbocycles. The molecule has 5 rings (SSSR count). The molecule has 9 nitrogen and oxygen atoms in total. The van der Waals surface area contributed by atoms with Crippen LogP contribution in [0.3, 0.4) is 0 Å². The van der Waals surface area contributed by atoms with Gasteiger partial charge in [-0.25, -0.2) is 4.98 Å². The highest BCUT2D eigenvalue weighted by Crippen LogP contribution is 2.33. The molecule has 38 heavy (non-hydrogen) atoms. The molecular weight excluding hydrogens is 480 g/mol. The predicted octanol–water partition coefficient (Wildman–Crippen LogP) is 5.66. The number of anilines is 3. The van der Waals surface area contributed by atoms with E-state index >= 15 is 0 Å². The van der Waals surface area contributed by atoms with Crippen LogP contribution in [0, 0.1) is 13.8 Å². The molecule has 1 aliphatic rings. The second-order valence-electron chi connectivity index (χ2n) is 9.84. The highest BCUT2D eigenvalue weighted by molar-refractivity contribution is 6.01. The van der Waals surface area contributed by atoms with Crippen LogP contribution < -0.4 is 10.6 Å². The normalized spacial score (nSPS) is 13.7. The fourth-order valence-corrected chi connectivity index (χ4v) is 5.05. The Labute approximate surface area is 221 Å². The smallest absolute Gasteiger partial charge is 0.250 e. The van der Waals surface area contributed by atoms with E-state index in [1.165, 1.54) is 19.8 Å². The van der Waals surface area contributed by atoms with Crippen molar-refractivity contribution in [2.45, 2.75) is 46.5 Å². The summed E-state index contributed by atoms with van der Waals surface area (Å²) in [5, 5.41) is 14.5. The first-order valence-electron chi connectivity index (χ1n) is 13.0. The molecule has 1 amide bonds. The number of rotatable bonds is 9. The molecule has 0 radical (unpaired) electrons. The van der Waals surface area contributed by atoms with Gasteiger partial charge in [-0.15, -0.1) is 10.2 Å². The maximum atomic E-state index is 12.6. The van der Waals surface area contributed by atoms with Crippen molar-refractivity contribution in [1.82, 2.24) is 20.1 Å². The molecule has 1 fully saturated rings. The molecule has 3 heterocycles. The number of aryl methyl sites for hydroxylation is 2. The van der Waals surface area contributed by atoms with E-state index in [0.717, 1.165) is 48.3 Å². The largest absolute Gasteiger partial charge is 0.437 e. The maximum Gasteiger partial charge on any atom is 0.250 e. The number of carbonyl (C=O) groups excluding carboxylic acids is 2. The van der Waals surface area contributed by atoms with Gasteiger partial charge >= 0.3 is 0 Å². The summed E-state index contributed by atoms with van der Waals surface area (Å²) in [6, 6.07) is 13.3. The van der Waals surface area contributed by atoms with Gasteiger partial charge in [0.15, 0.2) is 11.5 Å². The fourth-order valence-electron chi connectivity index (χ4n) is 5.05. The fraction of sp³-hybridized carbons (Fsp3) is 0.345. The van der Waals surface area contributed by atoms with Crippen molar-refractivity contribution >= 4 is 40.2 Å². The van der Waals surface area contributed by atoms with E-state index in [1.807, 2.05) is 18.2 Å². The van der Waals surface area contributed by atoms with Gasteiger partial charge in [0.05, 0.1) is 5.69 Å². The van der Waals surface area contributed by atoms with Crippen molar-refractivity contribution < 1.29 is 14.0 Å². The SMILES string of the molecule is CC(=O)Nc1cc(-c2c(C)cccc2C)cc2nnc(Nc3ccc(C(=O)CCCN4CCCC4)o3)nc12. The summed E-state index contributed by atoms with van der Waals surface area (Å²) in [6.07, 6.45) is 3.75. The highest BCUT2D eigenvalue weighted by Gasteiger charge is 2.17. The maximum absolute atomic E-state index is 12.6. The van der Waals surface area contributed by atoms with E-state index in [-0.39, 0.29) is 17.6 Å². The van der Waals surface area contributed by atoms with E-state index in [4.69, 9.17) is 4.42 Å². The number of likely N-dealkylation sites (tertiary alicyclic amines) is 1. The van der Waals surface area contributed by atoms with Gasteiger partial charge in [-0.05, 0) is 93.2 Å². The first-order chi connectivity index (χ1) is 18.4. The molecule has 0 saturated carbocycles. The highest BCUT2D eigenvalue weighted by atomic mass is 16.4. The molecule has 2 aromatic heterocycles. The molecule has 2 N–H and O–H groups in total. The van der Waals surface area contributed by atoms with Gasteiger partial charge in [0.25, 0.3) is 0 Å². The average molecular weight is 513 g/mol. The molecule has 1 saturated heterocycles. The molecule has 0 atom stereocenters. The number of hydrogen-bond donors (Lipinski definition) is 2. The molecule has 196 valence electrons. The lowest BCUT2D eigenvalue weighted by atomic mass is 9.95. The van der Waals surface area contributed by atoms with Gasteiger partial charge in [0, 0.05) is 19.4 Å². The summed E-state index contributed by atoms with van der Waals surface area (Å²) in [5.74, 6) is 0.618. The quantitative estimate of drug-likeness (QED) is 0.276. The second-order valence-corrected chi connectivity index (χ2v) is 9.84. The lowest BCUT2D eigenvalue weighted by molar-refractivity contribution is -0.114. The third-order valence-corrected chi connectivity index (χ3v) is 6.83. The molecular formula is C29H32N6O3. The number of aromatic nitrogens is 3. The van der Waals surface area contributed by atoms with Crippen LogP contribution in [0.5, 0.6) is 0 Å². The number of nitrogens with one attached hydrogen (secondary N) is 2. The van der Waals surface area contributed by atoms with Crippen molar-refractivity contribution in [3.05, 3.63) is 59.4 Å². The van der Waals surface area contributed by atoms with Crippen molar-refractivity contribution in [3.63, 3.8) is 0 Å². The van der Waals surface area contributed by atoms with E-state index in [2.05, 4.69) is 56.7 Å². The molecule has 0 aliphatic carbocycles. The molecule has 0 unspecified atom stereocenters. The van der Waals surface area contributed by atoms with Crippen LogP contribution in [0.15, 0.2) is 46.9 Å². The molecule has 0 bridgehead atoms. The van der Waals surface area contributed by atoms with Crippen LogP contribution in [-0.4, -0.2) is 51.4 Å². The lowest BCUT2D eigenvalue weighted by Crippen LogP contribution is -2.20. The topological polar surface area (TPSA) is 113 Å². The zero-order chi connectivity index (χ0) is 26.6. The number of nitrogens with zero attached hydrogens (tertiary/aromatic N) is 4. The Morgan fingerprint density at radius 1 is 1.03 bits per heavy atom. The van der Waals surface area contributed by atoms with Gasteiger partial charge in [0.1, 0.15) is 11.0 Å². The molecule has 9 heteroatoms. The number of fused-ring (bicyclic) bond motifs is 1. The lowest BCUT2D eigenvalue weighted by Gasteiger charge is -2.14. The Morgan fingerprint density at radius 3 is 2.53 bits per heavy atom. The first-order valence-corrected chi connectivity index (χ1v) is 13.0. The van der Waals surface area contributed by atoms with E-state index in [9.17, 15) is 9.59 Å². The van der Waals surface area contributed by atoms with E-state index < -0.39 is 0 Å². The number of ketones is 1. The summed E-state index contributed by atoms with van der Waals surface area (Å²) < 4.78 is 5.73. The van der Waals surface area contributed by atoms with Crippen LogP contribution in [0.2, 0.25) is 0 Å². The van der Waals surface area contributed by atoms with Gasteiger partial charge in [-0.2, -0.15) is 0 Å². The van der Waals surface area contributed by atoms with Gasteiger partial charge in [0.2, 0.25) is 17.7 Å². The van der Waals surface area contributed by atoms with Gasteiger partial charge in [-0.1, -0.05) is 18.2 Å². The van der Waals surface area contributed by atoms with E-state index in [1.54, 1.807) is 12.1 Å². The summed E-state index contributed by atoms with van der Waals surface area (Å²) in [6.45, 7) is 8.75. The van der Waals surface area contributed by atoms with Crippen molar-refractivity contribution in [1.29, 1.82) is 0 Å². The molecule has 4 aromatic rings. The Hall–Kier alpha value is -4.11. The monoisotopic (exact) mass is 512 g/mol. The minimum absolute atomic E-state index is 0.0261. The van der Waals surface area contributed by atoms with Gasteiger partial charge < -0.3 is 14.6 Å². The zero-order valence-electron chi connectivity index (χ0n) is 22.0. The predicted molar refractivity (Wildman–Crippen MR) is 148 cm³/mol. The van der Waals surface area contributed by atoms with Crippen LogP contribution in [0.4, 0.5) is 17.5 Å². The molecule has 1 aliphatic heterocycles. The van der Waals surface area contributed by atoms with Crippen molar-refractivity contribution in [2.75, 3.05) is 30.3 Å². The second kappa shape index (κ2) is 11.1. The number of hydrogen-bond acceptors (Lipinski definition) is 8. The average Bonchev–Trinajstić information content (AvgIpc) is 3.56. The van der Waals surface area contributed by atoms with Crippen molar-refractivity contribution in [2.24, 2.45) is 0 Å². The number of benzene rings is 2. The van der Waals surface area contributed by atoms with Crippen LogP contribution in [0.1, 0.15) is 54.3 Å². The first kappa shape index (κ1) is 25.5. The standard InChI is InChI=1S/C29H32N6O3/c1-18-8-6-9-19(2)27(18)21-16-22(30-20(3)36)28-23(17-21)33-34-29(32-28)31-26-12-11-25(38-26)24(37)10-7-15-35-13-4-5-14-35/h6,8-9,11-12,16-17H,4-5,7,10,13-15H2,1-3H3,(H,30,36)(H,31,32,34). The van der Waals surface area contributed by atoms with Crippen LogP contribution in [-0.2, 0) is 4.79 Å². The Balaban J connectivity index is 1.36. The zero-order valence-corrected chi connectivity index (χ0v) is 22.0. The number of Topliss-reactive ketones (excluding diaryl/α,β-unsaturated/α-hetero) is 1. The Morgan fingerprint density at radius 2 is 1.79 bits per heavy atom. The number of amides is 1. The van der Waals surface area contributed by atoms with Gasteiger partial charge in [-0.3, -0.25) is 14.9 Å². The molecule has 0 spiro atoms.